The number of sulfone groups is 1. The Kier molecular flexibility index (Phi) is 4.07. The number of phenolic OH excluding ortho intramolecular Hbond substituents is 1. The molecule has 0 aliphatic carbocycles. The minimum Gasteiger partial charge on any atom is -0.506 e. The number of nitrogens with one attached hydrogen (secondary N) is 1. The first-order chi connectivity index (χ1) is 8.58. The molecule has 0 amide bonds. The van der Waals surface area contributed by atoms with E-state index in [-0.39, 0.29) is 10.6 Å². The maximum absolute atomic E-state index is 11.7. The summed E-state index contributed by atoms with van der Waals surface area (Å²) in [5.74, 6) is -0.430. The lowest BCUT2D eigenvalue weighted by Crippen LogP contribution is -2.24. The Bertz CT molecular complexity index is 732. The monoisotopic (exact) mass is 304 g/mol. The normalized spacial score (nSPS) is 13.5. The van der Waals surface area contributed by atoms with Gasteiger partial charge in [-0.25, -0.2) is 16.8 Å². The van der Waals surface area contributed by atoms with E-state index in [1.54, 1.807) is 0 Å². The van der Waals surface area contributed by atoms with Gasteiger partial charge in [-0.1, -0.05) is 0 Å². The Morgan fingerprint density at radius 1 is 1.32 bits per heavy atom. The van der Waals surface area contributed by atoms with E-state index in [1.807, 2.05) is 4.72 Å². The zero-order chi connectivity index (χ0) is 14.8. The summed E-state index contributed by atoms with van der Waals surface area (Å²) in [5.41, 5.74) is -0.287. The van der Waals surface area contributed by atoms with Crippen LogP contribution in [0.3, 0.4) is 0 Å². The second-order valence-corrected chi connectivity index (χ2v) is 7.89. The third-order valence-electron chi connectivity index (χ3n) is 2.30. The maximum Gasteiger partial charge on any atom is 0.248 e. The van der Waals surface area contributed by atoms with Crippen LogP contribution in [0.15, 0.2) is 23.1 Å². The van der Waals surface area contributed by atoms with Gasteiger partial charge >= 0.3 is 0 Å². The van der Waals surface area contributed by atoms with Crippen molar-refractivity contribution < 1.29 is 21.9 Å². The van der Waals surface area contributed by atoms with Crippen LogP contribution in [0.1, 0.15) is 6.92 Å². The van der Waals surface area contributed by atoms with Crippen molar-refractivity contribution in [3.63, 3.8) is 0 Å². The Hall–Kier alpha value is -1.79. The fraction of sp³-hybridized carbons (Fsp3) is 0.300. The van der Waals surface area contributed by atoms with Gasteiger partial charge in [0.05, 0.1) is 16.7 Å². The molecule has 1 rings (SSSR count). The van der Waals surface area contributed by atoms with Crippen LogP contribution in [0.25, 0.3) is 0 Å². The van der Waals surface area contributed by atoms with E-state index in [9.17, 15) is 21.9 Å². The van der Waals surface area contributed by atoms with Crippen LogP contribution in [-0.2, 0) is 19.9 Å². The van der Waals surface area contributed by atoms with Gasteiger partial charge in [-0.05, 0) is 25.1 Å². The molecule has 0 saturated carbocycles. The van der Waals surface area contributed by atoms with Crippen LogP contribution in [-0.4, -0.2) is 33.4 Å². The smallest absolute Gasteiger partial charge is 0.248 e. The molecular formula is C10H12N2O5S2. The minimum absolute atomic E-state index is 0.146. The topological polar surface area (TPSA) is 124 Å². The van der Waals surface area contributed by atoms with Crippen molar-refractivity contribution in [2.45, 2.75) is 17.1 Å². The molecule has 0 fully saturated rings. The second kappa shape index (κ2) is 5.07. The quantitative estimate of drug-likeness (QED) is 0.778. The van der Waals surface area contributed by atoms with Crippen molar-refractivity contribution in [2.75, 3.05) is 11.0 Å². The zero-order valence-electron chi connectivity index (χ0n) is 10.2. The average molecular weight is 304 g/mol. The van der Waals surface area contributed by atoms with Crippen molar-refractivity contribution in [1.29, 1.82) is 5.26 Å². The van der Waals surface area contributed by atoms with E-state index in [0.29, 0.717) is 0 Å². The van der Waals surface area contributed by atoms with E-state index >= 15 is 0 Å². The molecule has 2 N–H and O–H groups in total. The summed E-state index contributed by atoms with van der Waals surface area (Å²) in [4.78, 5) is -0.146. The summed E-state index contributed by atoms with van der Waals surface area (Å²) in [6, 6.07) is 4.74. The van der Waals surface area contributed by atoms with Gasteiger partial charge in [-0.3, -0.25) is 4.72 Å². The molecule has 9 heteroatoms. The van der Waals surface area contributed by atoms with Gasteiger partial charge in [0.25, 0.3) is 0 Å². The SMILES string of the molecule is CC(C#N)S(=O)(=O)Nc1cc(S(C)(=O)=O)ccc1O. The molecule has 0 bridgehead atoms. The van der Waals surface area contributed by atoms with E-state index in [1.165, 1.54) is 13.0 Å². The molecule has 104 valence electrons. The molecular weight excluding hydrogens is 292 g/mol. The molecule has 0 radical (unpaired) electrons. The number of rotatable bonds is 4. The third kappa shape index (κ3) is 3.59. The summed E-state index contributed by atoms with van der Waals surface area (Å²) in [7, 11) is -7.55. The van der Waals surface area contributed by atoms with Crippen molar-refractivity contribution >= 4 is 25.5 Å². The fourth-order valence-electron chi connectivity index (χ4n) is 1.14. The van der Waals surface area contributed by atoms with Gasteiger partial charge in [0, 0.05) is 6.26 Å². The van der Waals surface area contributed by atoms with E-state index in [4.69, 9.17) is 5.26 Å². The van der Waals surface area contributed by atoms with Gasteiger partial charge in [-0.2, -0.15) is 5.26 Å². The standard InChI is InChI=1S/C10H12N2O5S2/c1-7(6-11)19(16,17)12-9-5-8(18(2,14)15)3-4-10(9)13/h3-5,7,12-13H,1-2H3. The van der Waals surface area contributed by atoms with Crippen LogP contribution in [0.4, 0.5) is 5.69 Å². The average Bonchev–Trinajstić information content (AvgIpc) is 2.29. The predicted molar refractivity (Wildman–Crippen MR) is 68.8 cm³/mol. The van der Waals surface area contributed by atoms with E-state index < -0.39 is 30.9 Å². The van der Waals surface area contributed by atoms with Crippen molar-refractivity contribution in [3.8, 4) is 11.8 Å². The molecule has 1 aromatic carbocycles. The Morgan fingerprint density at radius 2 is 1.89 bits per heavy atom. The summed E-state index contributed by atoms with van der Waals surface area (Å²) in [6.45, 7) is 1.17. The maximum atomic E-state index is 11.7. The number of nitrogens with zero attached hydrogens (tertiary/aromatic N) is 1. The fourth-order valence-corrected chi connectivity index (χ4v) is 2.57. The molecule has 0 heterocycles. The molecule has 0 aliphatic rings. The number of aromatic hydroxyl groups is 1. The Morgan fingerprint density at radius 3 is 2.37 bits per heavy atom. The highest BCUT2D eigenvalue weighted by Gasteiger charge is 2.22. The van der Waals surface area contributed by atoms with Crippen LogP contribution in [0, 0.1) is 11.3 Å². The lowest BCUT2D eigenvalue weighted by atomic mass is 10.3. The highest BCUT2D eigenvalue weighted by molar-refractivity contribution is 7.93. The molecule has 1 unspecified atom stereocenters. The number of sulfonamides is 1. The van der Waals surface area contributed by atoms with Crippen molar-refractivity contribution in [2.24, 2.45) is 0 Å². The number of hydrogen-bond donors (Lipinski definition) is 2. The molecule has 7 nitrogen and oxygen atoms in total. The molecule has 1 aromatic rings. The predicted octanol–water partition coefficient (Wildman–Crippen LogP) is 0.449. The van der Waals surface area contributed by atoms with E-state index in [2.05, 4.69) is 0 Å². The van der Waals surface area contributed by atoms with Crippen molar-refractivity contribution in [1.82, 2.24) is 0 Å². The van der Waals surface area contributed by atoms with Gasteiger partial charge in [0.15, 0.2) is 15.1 Å². The number of phenols is 1. The first-order valence-electron chi connectivity index (χ1n) is 5.02. The third-order valence-corrected chi connectivity index (χ3v) is 4.95. The number of nitriles is 1. The zero-order valence-corrected chi connectivity index (χ0v) is 11.8. The van der Waals surface area contributed by atoms with Gasteiger partial charge in [0.2, 0.25) is 10.0 Å². The highest BCUT2D eigenvalue weighted by atomic mass is 32.2. The highest BCUT2D eigenvalue weighted by Crippen LogP contribution is 2.27. The van der Waals surface area contributed by atoms with Crippen LogP contribution in [0.2, 0.25) is 0 Å². The summed E-state index contributed by atoms with van der Waals surface area (Å²) >= 11 is 0. The largest absolute Gasteiger partial charge is 0.506 e. The molecule has 0 spiro atoms. The Labute approximate surface area is 111 Å². The second-order valence-electron chi connectivity index (χ2n) is 3.87. The first-order valence-corrected chi connectivity index (χ1v) is 8.46. The lowest BCUT2D eigenvalue weighted by Gasteiger charge is -2.11. The number of benzene rings is 1. The molecule has 19 heavy (non-hydrogen) atoms. The van der Waals surface area contributed by atoms with Gasteiger partial charge in [-0.15, -0.1) is 0 Å². The minimum atomic E-state index is -4.01. The summed E-state index contributed by atoms with van der Waals surface area (Å²) in [5, 5.41) is 16.7. The van der Waals surface area contributed by atoms with Crippen LogP contribution in [0.5, 0.6) is 5.75 Å². The van der Waals surface area contributed by atoms with Crippen LogP contribution >= 0.6 is 0 Å². The number of anilines is 1. The molecule has 0 aromatic heterocycles. The van der Waals surface area contributed by atoms with Crippen LogP contribution < -0.4 is 4.72 Å². The van der Waals surface area contributed by atoms with E-state index in [0.717, 1.165) is 24.5 Å². The Balaban J connectivity index is 3.27. The molecule has 0 saturated heterocycles. The van der Waals surface area contributed by atoms with Gasteiger partial charge in [0.1, 0.15) is 5.75 Å². The number of hydrogen-bond acceptors (Lipinski definition) is 6. The van der Waals surface area contributed by atoms with Gasteiger partial charge < -0.3 is 5.11 Å². The lowest BCUT2D eigenvalue weighted by molar-refractivity contribution is 0.477. The summed E-state index contributed by atoms with van der Waals surface area (Å²) in [6.07, 6.45) is 0.954. The summed E-state index contributed by atoms with van der Waals surface area (Å²) < 4.78 is 48.0. The molecule has 0 aliphatic heterocycles. The molecule has 1 atom stereocenters. The van der Waals surface area contributed by atoms with Crippen molar-refractivity contribution in [3.05, 3.63) is 18.2 Å². The first kappa shape index (κ1) is 15.3.